The zero-order valence-corrected chi connectivity index (χ0v) is 11.8. The van der Waals surface area contributed by atoms with Crippen molar-refractivity contribution < 1.29 is 13.5 Å². The second-order valence-corrected chi connectivity index (χ2v) is 6.35. The van der Waals surface area contributed by atoms with Crippen LogP contribution in [0.15, 0.2) is 18.2 Å². The Labute approximate surface area is 118 Å². The first-order valence-corrected chi connectivity index (χ1v) is 7.39. The monoisotopic (exact) mass is 281 g/mol. The van der Waals surface area contributed by atoms with Gasteiger partial charge in [-0.1, -0.05) is 6.92 Å². The average molecular weight is 281 g/mol. The molecule has 1 spiro atoms. The van der Waals surface area contributed by atoms with Crippen molar-refractivity contribution in [1.82, 2.24) is 5.32 Å². The van der Waals surface area contributed by atoms with Gasteiger partial charge in [0, 0.05) is 18.2 Å². The van der Waals surface area contributed by atoms with E-state index in [1.165, 1.54) is 25.0 Å². The van der Waals surface area contributed by atoms with Crippen LogP contribution >= 0.6 is 0 Å². The van der Waals surface area contributed by atoms with E-state index in [2.05, 4.69) is 12.2 Å². The molecule has 0 radical (unpaired) electrons. The molecule has 1 saturated carbocycles. The van der Waals surface area contributed by atoms with Crippen molar-refractivity contribution >= 4 is 0 Å². The van der Waals surface area contributed by atoms with Crippen LogP contribution in [0.25, 0.3) is 0 Å². The van der Waals surface area contributed by atoms with Crippen LogP contribution in [0.3, 0.4) is 0 Å². The third-order valence-corrected chi connectivity index (χ3v) is 4.71. The minimum absolute atomic E-state index is 0.0783. The Morgan fingerprint density at radius 1 is 1.15 bits per heavy atom. The lowest BCUT2D eigenvalue weighted by atomic mass is 9.77. The first-order valence-electron chi connectivity index (χ1n) is 7.39. The Morgan fingerprint density at radius 2 is 1.80 bits per heavy atom. The molecule has 1 unspecified atom stereocenters. The molecule has 4 heteroatoms. The van der Waals surface area contributed by atoms with E-state index in [0.29, 0.717) is 18.7 Å². The number of hydrogen-bond donors (Lipinski definition) is 1. The largest absolute Gasteiger partial charge is 0.370 e. The molecule has 1 aliphatic carbocycles. The summed E-state index contributed by atoms with van der Waals surface area (Å²) in [6.07, 6.45) is 4.42. The maximum atomic E-state index is 13.3. The van der Waals surface area contributed by atoms with E-state index in [1.54, 1.807) is 0 Å². The second-order valence-electron chi connectivity index (χ2n) is 6.35. The summed E-state index contributed by atoms with van der Waals surface area (Å²) in [5, 5.41) is 3.57. The van der Waals surface area contributed by atoms with Gasteiger partial charge in [0.05, 0.1) is 12.7 Å². The maximum Gasteiger partial charge on any atom is 0.126 e. The normalized spacial score (nSPS) is 34.4. The van der Waals surface area contributed by atoms with Crippen LogP contribution in [0.5, 0.6) is 0 Å². The van der Waals surface area contributed by atoms with Crippen molar-refractivity contribution in [2.24, 2.45) is 5.92 Å². The van der Waals surface area contributed by atoms with Crippen molar-refractivity contribution in [3.05, 3.63) is 35.4 Å². The molecule has 1 heterocycles. The second kappa shape index (κ2) is 5.41. The molecule has 2 nitrogen and oxygen atoms in total. The number of nitrogens with one attached hydrogen (secondary N) is 1. The number of ether oxygens (including phenoxy) is 1. The minimum atomic E-state index is -0.546. The van der Waals surface area contributed by atoms with Crippen molar-refractivity contribution in [3.8, 4) is 0 Å². The average Bonchev–Trinajstić information content (AvgIpc) is 2.42. The summed E-state index contributed by atoms with van der Waals surface area (Å²) < 4.78 is 32.4. The zero-order chi connectivity index (χ0) is 14.2. The Morgan fingerprint density at radius 3 is 2.35 bits per heavy atom. The number of benzene rings is 1. The molecule has 1 saturated heterocycles. The molecular formula is C16H21F2NO. The lowest BCUT2D eigenvalue weighted by Gasteiger charge is -2.45. The maximum absolute atomic E-state index is 13.3. The first kappa shape index (κ1) is 14.0. The molecule has 0 amide bonds. The molecule has 1 aromatic rings. The van der Waals surface area contributed by atoms with Crippen molar-refractivity contribution in [3.63, 3.8) is 0 Å². The number of hydrogen-bond acceptors (Lipinski definition) is 2. The summed E-state index contributed by atoms with van der Waals surface area (Å²) in [4.78, 5) is 0. The molecule has 1 atom stereocenters. The Hall–Kier alpha value is -1.00. The topological polar surface area (TPSA) is 21.3 Å². The quantitative estimate of drug-likeness (QED) is 0.849. The molecule has 0 bridgehead atoms. The molecule has 2 fully saturated rings. The van der Waals surface area contributed by atoms with Crippen molar-refractivity contribution in [1.29, 1.82) is 0 Å². The van der Waals surface area contributed by atoms with Gasteiger partial charge >= 0.3 is 0 Å². The standard InChI is InChI=1S/C16H21F2NO/c1-11-2-4-16(5-3-11)10-20-15(9-19-16)12-6-13(17)8-14(18)7-12/h6-8,11,15,19H,2-5,9-10H2,1H3. The van der Waals surface area contributed by atoms with Gasteiger partial charge < -0.3 is 10.1 Å². The molecule has 0 aromatic heterocycles. The van der Waals surface area contributed by atoms with E-state index in [1.807, 2.05) is 0 Å². The Kier molecular flexibility index (Phi) is 3.78. The summed E-state index contributed by atoms with van der Waals surface area (Å²) >= 11 is 0. The highest BCUT2D eigenvalue weighted by atomic mass is 19.1. The third kappa shape index (κ3) is 2.86. The van der Waals surface area contributed by atoms with Crippen LogP contribution < -0.4 is 5.32 Å². The predicted octanol–water partition coefficient (Wildman–Crippen LogP) is 3.57. The molecule has 1 N–H and O–H groups in total. The smallest absolute Gasteiger partial charge is 0.126 e. The molecule has 20 heavy (non-hydrogen) atoms. The summed E-state index contributed by atoms with van der Waals surface area (Å²) in [5.41, 5.74) is 0.656. The van der Waals surface area contributed by atoms with E-state index in [9.17, 15) is 8.78 Å². The van der Waals surface area contributed by atoms with Gasteiger partial charge in [-0.05, 0) is 49.3 Å². The highest BCUT2D eigenvalue weighted by Crippen LogP contribution is 2.36. The van der Waals surface area contributed by atoms with Gasteiger partial charge in [-0.15, -0.1) is 0 Å². The molecule has 3 rings (SSSR count). The van der Waals surface area contributed by atoms with Crippen molar-refractivity contribution in [2.45, 2.75) is 44.2 Å². The molecule has 1 aromatic carbocycles. The van der Waals surface area contributed by atoms with Crippen LogP contribution in [0.1, 0.15) is 44.3 Å². The Bertz CT molecular complexity index is 453. The zero-order valence-electron chi connectivity index (χ0n) is 11.8. The van der Waals surface area contributed by atoms with Gasteiger partial charge in [0.15, 0.2) is 0 Å². The lowest BCUT2D eigenvalue weighted by Crippen LogP contribution is -2.56. The summed E-state index contributed by atoms with van der Waals surface area (Å²) in [5.74, 6) is -0.303. The molecular weight excluding hydrogens is 260 g/mol. The Balaban J connectivity index is 1.66. The number of halogens is 2. The summed E-state index contributed by atoms with van der Waals surface area (Å²) in [6.45, 7) is 3.54. The van der Waals surface area contributed by atoms with Crippen LogP contribution in [-0.4, -0.2) is 18.7 Å². The fourth-order valence-corrected chi connectivity index (χ4v) is 3.29. The van der Waals surface area contributed by atoms with Crippen LogP contribution in [0, 0.1) is 17.6 Å². The van der Waals surface area contributed by atoms with Gasteiger partial charge in [0.1, 0.15) is 11.6 Å². The predicted molar refractivity (Wildman–Crippen MR) is 73.4 cm³/mol. The number of morpholine rings is 1. The van der Waals surface area contributed by atoms with Crippen molar-refractivity contribution in [2.75, 3.05) is 13.2 Å². The SMILES string of the molecule is CC1CCC2(CC1)COC(c1cc(F)cc(F)c1)CN2. The summed E-state index contributed by atoms with van der Waals surface area (Å²) in [7, 11) is 0. The molecule has 110 valence electrons. The van der Waals surface area contributed by atoms with E-state index in [4.69, 9.17) is 4.74 Å². The van der Waals surface area contributed by atoms with E-state index >= 15 is 0 Å². The lowest BCUT2D eigenvalue weighted by molar-refractivity contribution is -0.0506. The van der Waals surface area contributed by atoms with Gasteiger partial charge in [-0.3, -0.25) is 0 Å². The number of rotatable bonds is 1. The van der Waals surface area contributed by atoms with Crippen LogP contribution in [-0.2, 0) is 4.74 Å². The molecule has 2 aliphatic rings. The van der Waals surface area contributed by atoms with E-state index in [-0.39, 0.29) is 11.6 Å². The fraction of sp³-hybridized carbons (Fsp3) is 0.625. The summed E-state index contributed by atoms with van der Waals surface area (Å²) in [6, 6.07) is 3.61. The molecule has 1 aliphatic heterocycles. The highest BCUT2D eigenvalue weighted by molar-refractivity contribution is 5.21. The van der Waals surface area contributed by atoms with Crippen LogP contribution in [0.2, 0.25) is 0 Å². The van der Waals surface area contributed by atoms with Gasteiger partial charge in [0.2, 0.25) is 0 Å². The van der Waals surface area contributed by atoms with E-state index < -0.39 is 11.6 Å². The highest BCUT2D eigenvalue weighted by Gasteiger charge is 2.38. The van der Waals surface area contributed by atoms with E-state index in [0.717, 1.165) is 24.8 Å². The van der Waals surface area contributed by atoms with Crippen LogP contribution in [0.4, 0.5) is 8.78 Å². The fourth-order valence-electron chi connectivity index (χ4n) is 3.29. The van der Waals surface area contributed by atoms with Gasteiger partial charge in [0.25, 0.3) is 0 Å². The minimum Gasteiger partial charge on any atom is -0.370 e. The first-order chi connectivity index (χ1) is 9.56. The van der Waals surface area contributed by atoms with Gasteiger partial charge in [-0.25, -0.2) is 8.78 Å². The van der Waals surface area contributed by atoms with Gasteiger partial charge in [-0.2, -0.15) is 0 Å². The third-order valence-electron chi connectivity index (χ3n) is 4.71.